The van der Waals surface area contributed by atoms with Crippen LogP contribution in [0, 0.1) is 22.9 Å². The van der Waals surface area contributed by atoms with Gasteiger partial charge < -0.3 is 4.74 Å². The van der Waals surface area contributed by atoms with E-state index in [0.29, 0.717) is 12.2 Å². The molecule has 0 bridgehead atoms. The zero-order chi connectivity index (χ0) is 14.7. The van der Waals surface area contributed by atoms with E-state index in [0.717, 1.165) is 23.5 Å². The van der Waals surface area contributed by atoms with Crippen molar-refractivity contribution in [1.82, 2.24) is 4.98 Å². The molecule has 2 rings (SSSR count). The standard InChI is InChI=1S/C14H13FN2O3/c1-3-13-14(5-4-9(2)16-13)20-12-7-10(15)6-11(8-12)17(18)19/h4-8H,3H2,1-2H3. The van der Waals surface area contributed by atoms with Crippen LogP contribution in [0.15, 0.2) is 30.3 Å². The SMILES string of the molecule is CCc1nc(C)ccc1Oc1cc(F)cc([N+](=O)[O-])c1. The second kappa shape index (κ2) is 5.64. The maximum atomic E-state index is 13.3. The molecule has 0 saturated heterocycles. The van der Waals surface area contributed by atoms with Gasteiger partial charge in [-0.1, -0.05) is 6.92 Å². The molecule has 104 valence electrons. The Morgan fingerprint density at radius 1 is 1.35 bits per heavy atom. The number of hydrogen-bond donors (Lipinski definition) is 0. The lowest BCUT2D eigenvalue weighted by atomic mass is 10.2. The molecule has 1 aromatic heterocycles. The molecule has 0 aliphatic carbocycles. The molecule has 0 aliphatic heterocycles. The Labute approximate surface area is 115 Å². The lowest BCUT2D eigenvalue weighted by Crippen LogP contribution is -1.97. The van der Waals surface area contributed by atoms with E-state index in [1.807, 2.05) is 13.8 Å². The molecular weight excluding hydrogens is 263 g/mol. The second-order valence-electron chi connectivity index (χ2n) is 4.26. The summed E-state index contributed by atoms with van der Waals surface area (Å²) in [7, 11) is 0. The highest BCUT2D eigenvalue weighted by Gasteiger charge is 2.12. The van der Waals surface area contributed by atoms with Crippen molar-refractivity contribution in [2.45, 2.75) is 20.3 Å². The normalized spacial score (nSPS) is 10.3. The molecule has 1 heterocycles. The van der Waals surface area contributed by atoms with Crippen LogP contribution in [0.25, 0.3) is 0 Å². The molecule has 0 atom stereocenters. The number of nitro groups is 1. The van der Waals surface area contributed by atoms with Crippen LogP contribution in [0.2, 0.25) is 0 Å². The summed E-state index contributed by atoms with van der Waals surface area (Å²) < 4.78 is 18.9. The number of halogens is 1. The zero-order valence-electron chi connectivity index (χ0n) is 11.1. The Bertz CT molecular complexity index is 659. The first-order chi connectivity index (χ1) is 9.49. The molecule has 0 saturated carbocycles. The molecule has 0 spiro atoms. The molecule has 6 heteroatoms. The molecular formula is C14H13FN2O3. The van der Waals surface area contributed by atoms with Crippen LogP contribution in [0.5, 0.6) is 11.5 Å². The molecule has 0 radical (unpaired) electrons. The first-order valence-corrected chi connectivity index (χ1v) is 6.09. The summed E-state index contributed by atoms with van der Waals surface area (Å²) in [6, 6.07) is 6.62. The highest BCUT2D eigenvalue weighted by molar-refractivity contribution is 5.42. The summed E-state index contributed by atoms with van der Waals surface area (Å²) in [6.07, 6.45) is 0.647. The van der Waals surface area contributed by atoms with Gasteiger partial charge in [0, 0.05) is 11.8 Å². The third-order valence-corrected chi connectivity index (χ3v) is 2.70. The van der Waals surface area contributed by atoms with Gasteiger partial charge in [-0.05, 0) is 25.5 Å². The van der Waals surface area contributed by atoms with Gasteiger partial charge in [-0.25, -0.2) is 4.39 Å². The predicted octanol–water partition coefficient (Wildman–Crippen LogP) is 3.79. The van der Waals surface area contributed by atoms with Crippen LogP contribution in [0.4, 0.5) is 10.1 Å². The first-order valence-electron chi connectivity index (χ1n) is 6.09. The van der Waals surface area contributed by atoms with Crippen molar-refractivity contribution in [3.05, 3.63) is 57.7 Å². The van der Waals surface area contributed by atoms with E-state index in [1.165, 1.54) is 6.07 Å². The van der Waals surface area contributed by atoms with Gasteiger partial charge in [-0.15, -0.1) is 0 Å². The highest BCUT2D eigenvalue weighted by Crippen LogP contribution is 2.28. The molecule has 0 unspecified atom stereocenters. The smallest absolute Gasteiger partial charge is 0.276 e. The molecule has 0 N–H and O–H groups in total. The maximum Gasteiger partial charge on any atom is 0.276 e. The highest BCUT2D eigenvalue weighted by atomic mass is 19.1. The molecule has 1 aromatic carbocycles. The fraction of sp³-hybridized carbons (Fsp3) is 0.214. The lowest BCUT2D eigenvalue weighted by molar-refractivity contribution is -0.385. The van der Waals surface area contributed by atoms with Gasteiger partial charge in [-0.2, -0.15) is 0 Å². The summed E-state index contributed by atoms with van der Waals surface area (Å²) in [4.78, 5) is 14.3. The number of nitrogens with zero attached hydrogens (tertiary/aromatic N) is 2. The van der Waals surface area contributed by atoms with E-state index in [2.05, 4.69) is 4.98 Å². The van der Waals surface area contributed by atoms with Crippen LogP contribution >= 0.6 is 0 Å². The quantitative estimate of drug-likeness (QED) is 0.629. The van der Waals surface area contributed by atoms with E-state index >= 15 is 0 Å². The van der Waals surface area contributed by atoms with Gasteiger partial charge in [0.1, 0.15) is 17.3 Å². The fourth-order valence-corrected chi connectivity index (χ4v) is 1.78. The van der Waals surface area contributed by atoms with Crippen molar-refractivity contribution >= 4 is 5.69 Å². The van der Waals surface area contributed by atoms with Crippen molar-refractivity contribution in [3.8, 4) is 11.5 Å². The second-order valence-corrected chi connectivity index (χ2v) is 4.26. The summed E-state index contributed by atoms with van der Waals surface area (Å²) in [5.41, 5.74) is 1.22. The number of non-ortho nitro benzene ring substituents is 1. The van der Waals surface area contributed by atoms with Crippen molar-refractivity contribution in [3.63, 3.8) is 0 Å². The van der Waals surface area contributed by atoms with Gasteiger partial charge >= 0.3 is 0 Å². The molecule has 2 aromatic rings. The third kappa shape index (κ3) is 3.09. The number of hydrogen-bond acceptors (Lipinski definition) is 4. The van der Waals surface area contributed by atoms with E-state index in [4.69, 9.17) is 4.74 Å². The molecule has 20 heavy (non-hydrogen) atoms. The minimum absolute atomic E-state index is 0.0806. The molecule has 0 aliphatic rings. The van der Waals surface area contributed by atoms with Crippen LogP contribution in [0.3, 0.4) is 0 Å². The van der Waals surface area contributed by atoms with Gasteiger partial charge in [-0.3, -0.25) is 15.1 Å². The molecule has 0 amide bonds. The van der Waals surface area contributed by atoms with Crippen molar-refractivity contribution in [2.75, 3.05) is 0 Å². The minimum Gasteiger partial charge on any atom is -0.455 e. The molecule has 5 nitrogen and oxygen atoms in total. The fourth-order valence-electron chi connectivity index (χ4n) is 1.78. The van der Waals surface area contributed by atoms with Gasteiger partial charge in [0.25, 0.3) is 5.69 Å². The number of ether oxygens (including phenoxy) is 1. The van der Waals surface area contributed by atoms with Gasteiger partial charge in [0.05, 0.1) is 22.7 Å². The van der Waals surface area contributed by atoms with Crippen LogP contribution in [-0.2, 0) is 6.42 Å². The van der Waals surface area contributed by atoms with Crippen molar-refractivity contribution in [2.24, 2.45) is 0 Å². The summed E-state index contributed by atoms with van der Waals surface area (Å²) in [5.74, 6) is -0.164. The number of nitro benzene ring substituents is 1. The van der Waals surface area contributed by atoms with Gasteiger partial charge in [0.2, 0.25) is 0 Å². The molecule has 0 fully saturated rings. The summed E-state index contributed by atoms with van der Waals surface area (Å²) in [6.45, 7) is 3.78. The van der Waals surface area contributed by atoms with Crippen molar-refractivity contribution in [1.29, 1.82) is 0 Å². The third-order valence-electron chi connectivity index (χ3n) is 2.70. The Hall–Kier alpha value is -2.50. The zero-order valence-corrected chi connectivity index (χ0v) is 11.1. The number of benzene rings is 1. The minimum atomic E-state index is -0.715. The first kappa shape index (κ1) is 13.9. The van der Waals surface area contributed by atoms with Crippen LogP contribution in [-0.4, -0.2) is 9.91 Å². The Balaban J connectivity index is 2.37. The largest absolute Gasteiger partial charge is 0.455 e. The lowest BCUT2D eigenvalue weighted by Gasteiger charge is -2.10. The van der Waals surface area contributed by atoms with Gasteiger partial charge in [0.15, 0.2) is 0 Å². The van der Waals surface area contributed by atoms with Crippen LogP contribution < -0.4 is 4.74 Å². The van der Waals surface area contributed by atoms with E-state index < -0.39 is 10.7 Å². The average molecular weight is 276 g/mol. The number of pyridine rings is 1. The Morgan fingerprint density at radius 3 is 2.75 bits per heavy atom. The maximum absolute atomic E-state index is 13.3. The predicted molar refractivity (Wildman–Crippen MR) is 71.5 cm³/mol. The van der Waals surface area contributed by atoms with E-state index in [9.17, 15) is 14.5 Å². The average Bonchev–Trinajstić information content (AvgIpc) is 2.40. The van der Waals surface area contributed by atoms with Crippen molar-refractivity contribution < 1.29 is 14.1 Å². The van der Waals surface area contributed by atoms with E-state index in [-0.39, 0.29) is 11.4 Å². The topological polar surface area (TPSA) is 65.3 Å². The van der Waals surface area contributed by atoms with E-state index in [1.54, 1.807) is 12.1 Å². The number of aromatic nitrogens is 1. The summed E-state index contributed by atoms with van der Waals surface area (Å²) in [5, 5.41) is 10.7. The Kier molecular flexibility index (Phi) is 3.93. The summed E-state index contributed by atoms with van der Waals surface area (Å²) >= 11 is 0. The Morgan fingerprint density at radius 2 is 2.10 bits per heavy atom. The van der Waals surface area contributed by atoms with Crippen LogP contribution in [0.1, 0.15) is 18.3 Å². The number of rotatable bonds is 4. The number of aryl methyl sites for hydroxylation is 2. The monoisotopic (exact) mass is 276 g/mol.